The fourth-order valence-corrected chi connectivity index (χ4v) is 4.11. The Kier molecular flexibility index (Phi) is 4.53. The highest BCUT2D eigenvalue weighted by molar-refractivity contribution is 7.16. The second-order valence-corrected chi connectivity index (χ2v) is 7.64. The van der Waals surface area contributed by atoms with E-state index in [-0.39, 0.29) is 5.56 Å². The fraction of sp³-hybridized carbons (Fsp3) is 0.143. The molecule has 3 aromatic heterocycles. The van der Waals surface area contributed by atoms with Crippen LogP contribution >= 0.6 is 11.3 Å². The number of aromatic nitrogens is 5. The summed E-state index contributed by atoms with van der Waals surface area (Å²) in [5, 5.41) is 9.35. The van der Waals surface area contributed by atoms with Crippen molar-refractivity contribution < 1.29 is 14.6 Å². The molecule has 5 aromatic rings. The number of nitrogens with zero attached hydrogens (tertiary/aromatic N) is 4. The smallest absolute Gasteiger partial charge is 0.335 e. The second kappa shape index (κ2) is 7.36. The zero-order valence-electron chi connectivity index (χ0n) is 16.0. The van der Waals surface area contributed by atoms with Crippen molar-refractivity contribution in [2.75, 3.05) is 13.7 Å². The summed E-state index contributed by atoms with van der Waals surface area (Å²) < 4.78 is 8.31. The van der Waals surface area contributed by atoms with Gasteiger partial charge in [-0.05, 0) is 36.4 Å². The van der Waals surface area contributed by atoms with E-state index < -0.39 is 5.97 Å². The summed E-state index contributed by atoms with van der Waals surface area (Å²) in [7, 11) is 1.63. The van der Waals surface area contributed by atoms with Gasteiger partial charge in [0, 0.05) is 25.4 Å². The Morgan fingerprint density at radius 1 is 1.20 bits per heavy atom. The van der Waals surface area contributed by atoms with Gasteiger partial charge < -0.3 is 19.4 Å². The van der Waals surface area contributed by atoms with Crippen molar-refractivity contribution in [1.82, 2.24) is 24.5 Å². The first kappa shape index (κ1) is 18.5. The number of rotatable bonds is 6. The molecule has 0 aliphatic rings. The lowest BCUT2D eigenvalue weighted by Crippen LogP contribution is -2.06. The maximum absolute atomic E-state index is 11.4. The van der Waals surface area contributed by atoms with Crippen LogP contribution < -0.4 is 0 Å². The van der Waals surface area contributed by atoms with E-state index in [2.05, 4.69) is 9.97 Å². The van der Waals surface area contributed by atoms with Gasteiger partial charge in [-0.1, -0.05) is 0 Å². The lowest BCUT2D eigenvalue weighted by atomic mass is 10.2. The summed E-state index contributed by atoms with van der Waals surface area (Å²) in [5.41, 5.74) is 6.02. The van der Waals surface area contributed by atoms with Crippen molar-refractivity contribution >= 4 is 38.6 Å². The average Bonchev–Trinajstić information content (AvgIpc) is 3.48. The first-order chi connectivity index (χ1) is 14.6. The number of fused-ring (bicyclic) bond motifs is 2. The lowest BCUT2D eigenvalue weighted by molar-refractivity contribution is 0.0697. The molecule has 0 atom stereocenters. The van der Waals surface area contributed by atoms with Crippen molar-refractivity contribution in [3.05, 3.63) is 53.7 Å². The van der Waals surface area contributed by atoms with E-state index in [1.165, 1.54) is 0 Å². The normalized spacial score (nSPS) is 11.5. The second-order valence-electron chi connectivity index (χ2n) is 6.76. The zero-order chi connectivity index (χ0) is 20.7. The van der Waals surface area contributed by atoms with Gasteiger partial charge in [0.25, 0.3) is 0 Å². The van der Waals surface area contributed by atoms with E-state index in [0.29, 0.717) is 30.2 Å². The van der Waals surface area contributed by atoms with Crippen LogP contribution in [-0.4, -0.2) is 49.3 Å². The Balaban J connectivity index is 1.60. The summed E-state index contributed by atoms with van der Waals surface area (Å²) in [4.78, 5) is 28.4. The van der Waals surface area contributed by atoms with E-state index in [4.69, 9.17) is 14.7 Å². The van der Waals surface area contributed by atoms with Crippen LogP contribution in [0.5, 0.6) is 0 Å². The van der Waals surface area contributed by atoms with E-state index in [0.717, 1.165) is 27.1 Å². The number of methoxy groups -OCH3 is 1. The first-order valence-electron chi connectivity index (χ1n) is 9.26. The van der Waals surface area contributed by atoms with Crippen LogP contribution in [0.15, 0.2) is 48.1 Å². The number of hydrogen-bond acceptors (Lipinski definition) is 6. The molecule has 0 spiro atoms. The molecule has 0 saturated carbocycles. The van der Waals surface area contributed by atoms with Crippen molar-refractivity contribution in [3.8, 4) is 22.9 Å². The highest BCUT2D eigenvalue weighted by Crippen LogP contribution is 2.28. The molecular weight excluding hydrogens is 402 g/mol. The number of carboxylic acids is 1. The first-order valence-corrected chi connectivity index (χ1v) is 10.1. The Hall–Kier alpha value is -3.56. The molecular formula is C21H17N5O3S. The van der Waals surface area contributed by atoms with Crippen LogP contribution in [0.3, 0.4) is 0 Å². The van der Waals surface area contributed by atoms with Crippen molar-refractivity contribution in [1.29, 1.82) is 0 Å². The van der Waals surface area contributed by atoms with Crippen LogP contribution in [0.25, 0.3) is 44.2 Å². The number of benzene rings is 2. The highest BCUT2D eigenvalue weighted by Gasteiger charge is 2.17. The largest absolute Gasteiger partial charge is 0.478 e. The number of nitrogens with one attached hydrogen (secondary N) is 1. The predicted octanol–water partition coefficient (Wildman–Crippen LogP) is 4.05. The third kappa shape index (κ3) is 3.14. The molecule has 5 rings (SSSR count). The standard InChI is InChI=1S/C21H17N5O3S/c1-29-7-6-26-17-9-13(21(27)28)2-4-14(17)25-20(26)16-10-22-19(24-16)12-3-5-18-15(8-12)23-11-30-18/h2-5,8-11H,6-7H2,1H3,(H,22,24)(H,27,28). The Bertz CT molecular complexity index is 1380. The Morgan fingerprint density at radius 3 is 2.93 bits per heavy atom. The van der Waals surface area contributed by atoms with Gasteiger partial charge in [0.15, 0.2) is 5.82 Å². The quantitative estimate of drug-likeness (QED) is 0.430. The third-order valence-corrected chi connectivity index (χ3v) is 5.73. The van der Waals surface area contributed by atoms with Gasteiger partial charge in [0.1, 0.15) is 11.5 Å². The van der Waals surface area contributed by atoms with Gasteiger partial charge in [-0.3, -0.25) is 0 Å². The van der Waals surface area contributed by atoms with E-state index in [9.17, 15) is 9.90 Å². The van der Waals surface area contributed by atoms with Crippen LogP contribution in [0, 0.1) is 0 Å². The third-order valence-electron chi connectivity index (χ3n) is 4.92. The average molecular weight is 419 g/mol. The predicted molar refractivity (Wildman–Crippen MR) is 115 cm³/mol. The van der Waals surface area contributed by atoms with Crippen molar-refractivity contribution in [3.63, 3.8) is 0 Å². The number of aromatic amines is 1. The molecule has 0 aliphatic carbocycles. The molecule has 30 heavy (non-hydrogen) atoms. The summed E-state index contributed by atoms with van der Waals surface area (Å²) in [6.07, 6.45) is 1.81. The fourth-order valence-electron chi connectivity index (χ4n) is 3.45. The number of aromatic carboxylic acids is 1. The van der Waals surface area contributed by atoms with Crippen LogP contribution in [0.4, 0.5) is 0 Å². The van der Waals surface area contributed by atoms with E-state index >= 15 is 0 Å². The molecule has 0 fully saturated rings. The van der Waals surface area contributed by atoms with Crippen LogP contribution in [-0.2, 0) is 11.3 Å². The molecule has 0 radical (unpaired) electrons. The number of ether oxygens (including phenoxy) is 1. The lowest BCUT2D eigenvalue weighted by Gasteiger charge is -2.07. The minimum atomic E-state index is -0.975. The molecule has 9 heteroatoms. The number of imidazole rings is 2. The minimum absolute atomic E-state index is 0.215. The molecule has 8 nitrogen and oxygen atoms in total. The molecule has 0 bridgehead atoms. The number of carboxylic acid groups (broad SMARTS) is 1. The molecule has 3 heterocycles. The summed E-state index contributed by atoms with van der Waals surface area (Å²) >= 11 is 1.60. The van der Waals surface area contributed by atoms with E-state index in [1.54, 1.807) is 36.6 Å². The van der Waals surface area contributed by atoms with Crippen LogP contribution in [0.2, 0.25) is 0 Å². The monoisotopic (exact) mass is 419 g/mol. The van der Waals surface area contributed by atoms with Gasteiger partial charge in [-0.25, -0.2) is 19.7 Å². The van der Waals surface area contributed by atoms with Gasteiger partial charge in [-0.15, -0.1) is 11.3 Å². The molecule has 0 unspecified atom stereocenters. The topological polar surface area (TPSA) is 106 Å². The number of H-pyrrole nitrogens is 1. The molecule has 0 aliphatic heterocycles. The summed E-state index contributed by atoms with van der Waals surface area (Å²) in [6, 6.07) is 11.0. The maximum atomic E-state index is 11.4. The number of hydrogen-bond donors (Lipinski definition) is 2. The molecule has 0 amide bonds. The molecule has 150 valence electrons. The van der Waals surface area contributed by atoms with Crippen LogP contribution in [0.1, 0.15) is 10.4 Å². The summed E-state index contributed by atoms with van der Waals surface area (Å²) in [5.74, 6) is 0.399. The highest BCUT2D eigenvalue weighted by atomic mass is 32.1. The summed E-state index contributed by atoms with van der Waals surface area (Å²) in [6.45, 7) is 0.992. The molecule has 2 N–H and O–H groups in total. The number of carbonyl (C=O) groups is 1. The van der Waals surface area contributed by atoms with Gasteiger partial charge in [0.2, 0.25) is 0 Å². The molecule has 0 saturated heterocycles. The Morgan fingerprint density at radius 2 is 2.10 bits per heavy atom. The molecule has 2 aromatic carbocycles. The SMILES string of the molecule is COCCn1c(-c2c[nH]c(-c3ccc4scnc4c3)n2)nc2ccc(C(=O)O)cc21. The number of thiazole rings is 1. The maximum Gasteiger partial charge on any atom is 0.335 e. The van der Waals surface area contributed by atoms with Crippen molar-refractivity contribution in [2.45, 2.75) is 6.54 Å². The van der Waals surface area contributed by atoms with Gasteiger partial charge in [-0.2, -0.15) is 0 Å². The zero-order valence-corrected chi connectivity index (χ0v) is 16.8. The van der Waals surface area contributed by atoms with E-state index in [1.807, 2.05) is 34.5 Å². The minimum Gasteiger partial charge on any atom is -0.478 e. The Labute approximate surface area is 174 Å². The van der Waals surface area contributed by atoms with Crippen molar-refractivity contribution in [2.24, 2.45) is 0 Å². The van der Waals surface area contributed by atoms with Gasteiger partial charge in [0.05, 0.1) is 38.9 Å². The van der Waals surface area contributed by atoms with Gasteiger partial charge >= 0.3 is 5.97 Å².